The van der Waals surface area contributed by atoms with Gasteiger partial charge in [0, 0.05) is 29.8 Å². The minimum Gasteiger partial charge on any atom is -0.377 e. The second-order valence-electron chi connectivity index (χ2n) is 6.22. The van der Waals surface area contributed by atoms with Crippen LogP contribution in [0.3, 0.4) is 0 Å². The summed E-state index contributed by atoms with van der Waals surface area (Å²) in [5, 5.41) is 14.3. The van der Waals surface area contributed by atoms with Gasteiger partial charge in [0.05, 0.1) is 16.3 Å². The lowest BCUT2D eigenvalue weighted by Gasteiger charge is -2.40. The van der Waals surface area contributed by atoms with Gasteiger partial charge in [0.1, 0.15) is 0 Å². The Hall–Kier alpha value is -2.89. The number of non-ortho nitro benzene ring substituents is 1. The van der Waals surface area contributed by atoms with Crippen LogP contribution in [0.4, 0.5) is 17.1 Å². The Balaban J connectivity index is 2.02. The number of amides is 1. The molecule has 1 aliphatic rings. The van der Waals surface area contributed by atoms with E-state index in [0.29, 0.717) is 12.1 Å². The van der Waals surface area contributed by atoms with E-state index < -0.39 is 4.92 Å². The molecule has 2 aromatic carbocycles. The lowest BCUT2D eigenvalue weighted by Crippen LogP contribution is -2.50. The third-order valence-electron chi connectivity index (χ3n) is 3.77. The van der Waals surface area contributed by atoms with E-state index in [2.05, 4.69) is 5.32 Å². The summed E-state index contributed by atoms with van der Waals surface area (Å²) in [6.45, 7) is 4.50. The maximum Gasteiger partial charge on any atom is 0.270 e. The smallest absolute Gasteiger partial charge is 0.270 e. The summed E-state index contributed by atoms with van der Waals surface area (Å²) in [5.41, 5.74) is 1.60. The second kappa shape index (κ2) is 5.39. The molecule has 23 heavy (non-hydrogen) atoms. The molecule has 1 N–H and O–H groups in total. The average molecular weight is 311 g/mol. The predicted molar refractivity (Wildman–Crippen MR) is 88.9 cm³/mol. The normalized spacial score (nSPS) is 15.5. The van der Waals surface area contributed by atoms with Gasteiger partial charge in [0.15, 0.2) is 0 Å². The third kappa shape index (κ3) is 2.88. The number of fused-ring (bicyclic) bond motifs is 1. The van der Waals surface area contributed by atoms with Crippen molar-refractivity contribution in [2.45, 2.75) is 19.4 Å². The van der Waals surface area contributed by atoms with Gasteiger partial charge >= 0.3 is 0 Å². The Morgan fingerprint density at radius 2 is 1.96 bits per heavy atom. The first-order chi connectivity index (χ1) is 10.9. The van der Waals surface area contributed by atoms with E-state index in [1.165, 1.54) is 18.2 Å². The maximum atomic E-state index is 12.9. The number of nitrogens with one attached hydrogen (secondary N) is 1. The molecular formula is C17H17N3O3. The molecule has 1 aliphatic heterocycles. The molecule has 0 spiro atoms. The molecule has 0 atom stereocenters. The van der Waals surface area contributed by atoms with Crippen LogP contribution in [-0.4, -0.2) is 22.9 Å². The Bertz CT molecular complexity index is 786. The summed E-state index contributed by atoms with van der Waals surface area (Å²) in [4.78, 5) is 25.0. The first-order valence-electron chi connectivity index (χ1n) is 7.31. The van der Waals surface area contributed by atoms with Crippen molar-refractivity contribution >= 4 is 23.0 Å². The number of benzene rings is 2. The SMILES string of the molecule is CC1(C)CN(C(=O)c2cccc([N+](=O)[O-])c2)c2ccccc2N1. The van der Waals surface area contributed by atoms with Crippen molar-refractivity contribution in [1.82, 2.24) is 0 Å². The van der Waals surface area contributed by atoms with Crippen molar-refractivity contribution < 1.29 is 9.72 Å². The first kappa shape index (κ1) is 15.0. The first-order valence-corrected chi connectivity index (χ1v) is 7.31. The molecule has 0 unspecified atom stereocenters. The zero-order valence-electron chi connectivity index (χ0n) is 12.9. The zero-order chi connectivity index (χ0) is 16.6. The highest BCUT2D eigenvalue weighted by molar-refractivity contribution is 6.08. The fourth-order valence-electron chi connectivity index (χ4n) is 2.79. The number of para-hydroxylation sites is 2. The second-order valence-corrected chi connectivity index (χ2v) is 6.22. The Morgan fingerprint density at radius 3 is 2.70 bits per heavy atom. The number of carbonyl (C=O) groups excluding carboxylic acids is 1. The topological polar surface area (TPSA) is 75.5 Å². The van der Waals surface area contributed by atoms with Gasteiger partial charge in [-0.2, -0.15) is 0 Å². The highest BCUT2D eigenvalue weighted by atomic mass is 16.6. The minimum atomic E-state index is -0.494. The van der Waals surface area contributed by atoms with Crippen LogP contribution in [0.5, 0.6) is 0 Å². The number of hydrogen-bond acceptors (Lipinski definition) is 4. The number of nitro groups is 1. The number of rotatable bonds is 2. The molecule has 0 aliphatic carbocycles. The summed E-state index contributed by atoms with van der Waals surface area (Å²) >= 11 is 0. The fraction of sp³-hybridized carbons (Fsp3) is 0.235. The number of hydrogen-bond donors (Lipinski definition) is 1. The van der Waals surface area contributed by atoms with Gasteiger partial charge in [-0.3, -0.25) is 14.9 Å². The quantitative estimate of drug-likeness (QED) is 0.681. The van der Waals surface area contributed by atoms with Crippen molar-refractivity contribution in [2.75, 3.05) is 16.8 Å². The molecule has 3 rings (SSSR count). The zero-order valence-corrected chi connectivity index (χ0v) is 12.9. The molecule has 6 heteroatoms. The van der Waals surface area contributed by atoms with Gasteiger partial charge in [-0.1, -0.05) is 18.2 Å². The molecule has 1 amide bonds. The number of carbonyl (C=O) groups is 1. The lowest BCUT2D eigenvalue weighted by molar-refractivity contribution is -0.384. The van der Waals surface area contributed by atoms with E-state index in [1.807, 2.05) is 38.1 Å². The molecule has 6 nitrogen and oxygen atoms in total. The van der Waals surface area contributed by atoms with Crippen LogP contribution >= 0.6 is 0 Å². The maximum absolute atomic E-state index is 12.9. The molecule has 0 aromatic heterocycles. The standard InChI is InChI=1S/C17H17N3O3/c1-17(2)11-19(15-9-4-3-8-14(15)18-17)16(21)12-6-5-7-13(10-12)20(22)23/h3-10,18H,11H2,1-2H3. The summed E-state index contributed by atoms with van der Waals surface area (Å²) in [5.74, 6) is -0.240. The van der Waals surface area contributed by atoms with Crippen molar-refractivity contribution in [3.8, 4) is 0 Å². The molecule has 0 fully saturated rings. The number of anilines is 2. The molecular weight excluding hydrogens is 294 g/mol. The van der Waals surface area contributed by atoms with Crippen LogP contribution in [0.1, 0.15) is 24.2 Å². The predicted octanol–water partition coefficient (Wildman–Crippen LogP) is 3.45. The molecule has 1 heterocycles. The molecule has 2 aromatic rings. The molecule has 0 saturated heterocycles. The van der Waals surface area contributed by atoms with Crippen molar-refractivity contribution in [2.24, 2.45) is 0 Å². The van der Waals surface area contributed by atoms with E-state index in [1.54, 1.807) is 11.0 Å². The monoisotopic (exact) mass is 311 g/mol. The molecule has 0 saturated carbocycles. The fourth-order valence-corrected chi connectivity index (χ4v) is 2.79. The van der Waals surface area contributed by atoms with E-state index in [4.69, 9.17) is 0 Å². The minimum absolute atomic E-state index is 0.0847. The van der Waals surface area contributed by atoms with Gasteiger partial charge < -0.3 is 10.2 Å². The number of nitrogens with zero attached hydrogens (tertiary/aromatic N) is 2. The van der Waals surface area contributed by atoms with Crippen LogP contribution in [0, 0.1) is 10.1 Å². The van der Waals surface area contributed by atoms with Crippen LogP contribution in [0.2, 0.25) is 0 Å². The van der Waals surface area contributed by atoms with Crippen LogP contribution in [0.25, 0.3) is 0 Å². The largest absolute Gasteiger partial charge is 0.377 e. The summed E-state index contributed by atoms with van der Waals surface area (Å²) in [6.07, 6.45) is 0. The van der Waals surface area contributed by atoms with E-state index in [-0.39, 0.29) is 17.1 Å². The van der Waals surface area contributed by atoms with Crippen LogP contribution in [0.15, 0.2) is 48.5 Å². The lowest BCUT2D eigenvalue weighted by atomic mass is 9.98. The van der Waals surface area contributed by atoms with E-state index in [9.17, 15) is 14.9 Å². The van der Waals surface area contributed by atoms with Crippen LogP contribution < -0.4 is 10.2 Å². The molecule has 0 radical (unpaired) electrons. The van der Waals surface area contributed by atoms with Gasteiger partial charge in [-0.25, -0.2) is 0 Å². The summed E-state index contributed by atoms with van der Waals surface area (Å²) in [6, 6.07) is 13.4. The molecule has 0 bridgehead atoms. The Kier molecular flexibility index (Phi) is 3.52. The van der Waals surface area contributed by atoms with E-state index in [0.717, 1.165) is 11.4 Å². The van der Waals surface area contributed by atoms with Crippen molar-refractivity contribution in [1.29, 1.82) is 0 Å². The number of nitro benzene ring substituents is 1. The van der Waals surface area contributed by atoms with Gasteiger partial charge in [0.2, 0.25) is 0 Å². The third-order valence-corrected chi connectivity index (χ3v) is 3.77. The molecule has 118 valence electrons. The van der Waals surface area contributed by atoms with Crippen molar-refractivity contribution in [3.63, 3.8) is 0 Å². The van der Waals surface area contributed by atoms with Gasteiger partial charge in [-0.05, 0) is 32.0 Å². The highest BCUT2D eigenvalue weighted by Crippen LogP contribution is 2.35. The summed E-state index contributed by atoms with van der Waals surface area (Å²) < 4.78 is 0. The van der Waals surface area contributed by atoms with Gasteiger partial charge in [-0.15, -0.1) is 0 Å². The summed E-state index contributed by atoms with van der Waals surface area (Å²) in [7, 11) is 0. The average Bonchev–Trinajstić information content (AvgIpc) is 2.52. The van der Waals surface area contributed by atoms with Crippen LogP contribution in [-0.2, 0) is 0 Å². The Morgan fingerprint density at radius 1 is 1.22 bits per heavy atom. The highest BCUT2D eigenvalue weighted by Gasteiger charge is 2.33. The van der Waals surface area contributed by atoms with E-state index >= 15 is 0 Å². The van der Waals surface area contributed by atoms with Gasteiger partial charge in [0.25, 0.3) is 11.6 Å². The van der Waals surface area contributed by atoms with Crippen molar-refractivity contribution in [3.05, 3.63) is 64.2 Å². The Labute approximate surface area is 133 Å².